The molecule has 0 atom stereocenters. The molecule has 0 amide bonds. The van der Waals surface area contributed by atoms with E-state index < -0.39 is 0 Å². The van der Waals surface area contributed by atoms with Crippen molar-refractivity contribution in [3.63, 3.8) is 0 Å². The molecule has 0 spiro atoms. The van der Waals surface area contributed by atoms with Gasteiger partial charge in [-0.05, 0) is 74.8 Å². The van der Waals surface area contributed by atoms with Gasteiger partial charge in [0, 0.05) is 29.2 Å². The Morgan fingerprint density at radius 2 is 1.69 bits per heavy atom. The van der Waals surface area contributed by atoms with E-state index in [9.17, 15) is 4.39 Å². The third kappa shape index (κ3) is 11.5. The number of nitrogens with two attached hydrogens (primary N) is 2. The van der Waals surface area contributed by atoms with Gasteiger partial charge < -0.3 is 32.3 Å². The highest BCUT2D eigenvalue weighted by Gasteiger charge is 2.47. The van der Waals surface area contributed by atoms with Crippen molar-refractivity contribution in [1.82, 2.24) is 5.32 Å². The minimum absolute atomic E-state index is 0.0823. The minimum atomic E-state index is -0.224. The summed E-state index contributed by atoms with van der Waals surface area (Å²) in [5, 5.41) is 22.8. The number of aliphatic imine (C=N–C) groups is 1. The van der Waals surface area contributed by atoms with Crippen LogP contribution in [0.3, 0.4) is 0 Å². The molecule has 0 unspecified atom stereocenters. The first-order chi connectivity index (χ1) is 17.4. The average Bonchev–Trinajstić information content (AvgIpc) is 3.66. The van der Waals surface area contributed by atoms with Crippen molar-refractivity contribution in [2.45, 2.75) is 35.8 Å². The Labute approximate surface area is 223 Å². The van der Waals surface area contributed by atoms with Crippen LogP contribution in [0.25, 0.3) is 0 Å². The van der Waals surface area contributed by atoms with Crippen molar-refractivity contribution in [3.05, 3.63) is 71.7 Å². The standard InChI is InChI=1S/C22H26FN3OS.C3H9NO.CH3NS/c1-2-3-20(22(12-13-22)28-19-10-6-17(23)7-11-19)26-21(24)16-4-8-18(9-5-16)25-14-15-27;1-4-2-3-5;2-1-3/h3-11,25,27H,2,12-15H2,1H3,(H2,24,26);4-5H,2-3H2,1H3;1H,(H2,2,3)/b20-3-;;. The molecule has 1 aliphatic carbocycles. The predicted octanol–water partition coefficient (Wildman–Crippen LogP) is 3.65. The van der Waals surface area contributed by atoms with E-state index >= 15 is 0 Å². The van der Waals surface area contributed by atoms with Crippen LogP contribution in [0.5, 0.6) is 0 Å². The van der Waals surface area contributed by atoms with E-state index in [1.165, 1.54) is 12.1 Å². The van der Waals surface area contributed by atoms with Gasteiger partial charge in [0.25, 0.3) is 0 Å². The van der Waals surface area contributed by atoms with Crippen molar-refractivity contribution in [2.75, 3.05) is 38.7 Å². The van der Waals surface area contributed by atoms with Gasteiger partial charge >= 0.3 is 0 Å². The second-order valence-electron chi connectivity index (χ2n) is 7.74. The predicted molar refractivity (Wildman–Crippen MR) is 154 cm³/mol. The van der Waals surface area contributed by atoms with Gasteiger partial charge in [0.05, 0.1) is 29.1 Å². The van der Waals surface area contributed by atoms with Crippen LogP contribution in [-0.4, -0.2) is 59.6 Å². The molecule has 36 heavy (non-hydrogen) atoms. The first kappa shape index (κ1) is 31.5. The Hall–Kier alpha value is -2.50. The molecule has 198 valence electrons. The number of rotatable bonds is 11. The van der Waals surface area contributed by atoms with Gasteiger partial charge in [0.2, 0.25) is 0 Å². The number of hydrogen-bond acceptors (Lipinski definition) is 7. The molecule has 8 N–H and O–H groups in total. The summed E-state index contributed by atoms with van der Waals surface area (Å²) < 4.78 is 13.1. The molecule has 1 fully saturated rings. The number of nitrogens with one attached hydrogen (secondary N) is 2. The topological polar surface area (TPSA) is 129 Å². The normalized spacial score (nSPS) is 14.0. The first-order valence-electron chi connectivity index (χ1n) is 11.7. The lowest BCUT2D eigenvalue weighted by atomic mass is 10.1. The van der Waals surface area contributed by atoms with Crippen LogP contribution in [0.4, 0.5) is 10.1 Å². The Morgan fingerprint density at radius 3 is 2.14 bits per heavy atom. The van der Waals surface area contributed by atoms with Gasteiger partial charge in [-0.15, -0.1) is 11.8 Å². The fourth-order valence-corrected chi connectivity index (χ4v) is 4.31. The van der Waals surface area contributed by atoms with Crippen LogP contribution in [-0.2, 0) is 0 Å². The van der Waals surface area contributed by atoms with Crippen LogP contribution < -0.4 is 22.1 Å². The lowest BCUT2D eigenvalue weighted by Crippen LogP contribution is -2.17. The number of hydrogen-bond donors (Lipinski definition) is 6. The second-order valence-corrected chi connectivity index (χ2v) is 9.47. The monoisotopic (exact) mass is 535 g/mol. The van der Waals surface area contributed by atoms with Crippen LogP contribution in [0.1, 0.15) is 31.7 Å². The summed E-state index contributed by atoms with van der Waals surface area (Å²) in [7, 11) is 1.80. The van der Waals surface area contributed by atoms with E-state index in [0.717, 1.165) is 46.6 Å². The molecule has 0 saturated heterocycles. The van der Waals surface area contributed by atoms with Crippen LogP contribution in [0, 0.1) is 5.82 Å². The molecule has 0 radical (unpaired) electrons. The van der Waals surface area contributed by atoms with Gasteiger partial charge in [-0.25, -0.2) is 9.38 Å². The molecule has 0 heterocycles. The smallest absolute Gasteiger partial charge is 0.130 e. The molecular formula is C26H38FN5O2S2. The van der Waals surface area contributed by atoms with Gasteiger partial charge in [-0.3, -0.25) is 0 Å². The first-order valence-corrected chi connectivity index (χ1v) is 13.0. The highest BCUT2D eigenvalue weighted by Crippen LogP contribution is 2.57. The fraction of sp³-hybridized carbons (Fsp3) is 0.385. The maximum Gasteiger partial charge on any atom is 0.130 e. The Bertz CT molecular complexity index is 948. The molecule has 3 rings (SSSR count). The summed E-state index contributed by atoms with van der Waals surface area (Å²) in [6.07, 6.45) is 5.07. The highest BCUT2D eigenvalue weighted by molar-refractivity contribution is 8.01. The number of anilines is 1. The third-order valence-electron chi connectivity index (χ3n) is 4.92. The Kier molecular flexibility index (Phi) is 15.6. The second kappa shape index (κ2) is 17.9. The summed E-state index contributed by atoms with van der Waals surface area (Å²) in [4.78, 5) is 5.81. The van der Waals surface area contributed by atoms with E-state index in [-0.39, 0.29) is 23.8 Å². The van der Waals surface area contributed by atoms with E-state index in [1.54, 1.807) is 18.8 Å². The van der Waals surface area contributed by atoms with E-state index in [2.05, 4.69) is 41.6 Å². The molecule has 0 bridgehead atoms. The number of thiocarbonyl (C=S) groups is 1. The molecular weight excluding hydrogens is 497 g/mol. The Balaban J connectivity index is 0.000000709. The zero-order valence-electron chi connectivity index (χ0n) is 20.9. The number of aliphatic hydroxyl groups is 2. The molecule has 10 heteroatoms. The van der Waals surface area contributed by atoms with E-state index in [1.807, 2.05) is 36.4 Å². The van der Waals surface area contributed by atoms with Crippen LogP contribution >= 0.6 is 24.0 Å². The molecule has 2 aromatic carbocycles. The van der Waals surface area contributed by atoms with Crippen molar-refractivity contribution < 1.29 is 14.6 Å². The van der Waals surface area contributed by atoms with Crippen LogP contribution in [0.2, 0.25) is 0 Å². The molecule has 0 aromatic heterocycles. The number of halogens is 1. The zero-order chi connectivity index (χ0) is 26.8. The summed E-state index contributed by atoms with van der Waals surface area (Å²) in [5.41, 5.74) is 14.7. The van der Waals surface area contributed by atoms with Crippen molar-refractivity contribution >= 4 is 41.0 Å². The molecule has 7 nitrogen and oxygen atoms in total. The molecule has 2 aromatic rings. The van der Waals surface area contributed by atoms with E-state index in [4.69, 9.17) is 20.9 Å². The number of amidine groups is 1. The largest absolute Gasteiger partial charge is 0.396 e. The number of aliphatic hydroxyl groups excluding tert-OH is 2. The van der Waals surface area contributed by atoms with Crippen molar-refractivity contribution in [3.8, 4) is 0 Å². The molecule has 1 aliphatic rings. The van der Waals surface area contributed by atoms with Gasteiger partial charge in [-0.1, -0.05) is 25.2 Å². The summed E-state index contributed by atoms with van der Waals surface area (Å²) >= 11 is 5.78. The number of likely N-dealkylation sites (N-methyl/N-ethyl adjacent to an activating group) is 1. The van der Waals surface area contributed by atoms with Gasteiger partial charge in [-0.2, -0.15) is 0 Å². The van der Waals surface area contributed by atoms with Crippen molar-refractivity contribution in [1.29, 1.82) is 0 Å². The quantitative estimate of drug-likeness (QED) is 0.146. The minimum Gasteiger partial charge on any atom is -0.396 e. The maximum atomic E-state index is 13.2. The Morgan fingerprint density at radius 1 is 1.11 bits per heavy atom. The number of thioether (sulfide) groups is 1. The molecule has 1 saturated carbocycles. The maximum absolute atomic E-state index is 13.2. The summed E-state index contributed by atoms with van der Waals surface area (Å²) in [5.74, 6) is 0.261. The SMILES string of the molecule is CC/C=C(\N=C(N)c1ccc(NCCO)cc1)C1(Sc2ccc(F)cc2)CC1.CNCCO.NC=S. The summed E-state index contributed by atoms with van der Waals surface area (Å²) in [6, 6.07) is 14.3. The van der Waals surface area contributed by atoms with Crippen LogP contribution in [0.15, 0.2) is 70.2 Å². The lowest BCUT2D eigenvalue weighted by molar-refractivity contribution is 0.296. The zero-order valence-corrected chi connectivity index (χ0v) is 22.5. The fourth-order valence-electron chi connectivity index (χ4n) is 3.04. The van der Waals surface area contributed by atoms with E-state index in [0.29, 0.717) is 18.9 Å². The number of nitrogens with zero attached hydrogens (tertiary/aromatic N) is 1. The molecule has 0 aliphatic heterocycles. The number of allylic oxidation sites excluding steroid dienone is 1. The average molecular weight is 536 g/mol. The highest BCUT2D eigenvalue weighted by atomic mass is 32.2. The third-order valence-corrected chi connectivity index (χ3v) is 6.44. The van der Waals surface area contributed by atoms with Crippen molar-refractivity contribution in [2.24, 2.45) is 16.5 Å². The number of benzene rings is 2. The lowest BCUT2D eigenvalue weighted by Gasteiger charge is -2.17. The van der Waals surface area contributed by atoms with Gasteiger partial charge in [0.1, 0.15) is 11.7 Å². The summed E-state index contributed by atoms with van der Waals surface area (Å²) in [6.45, 7) is 3.61. The van der Waals surface area contributed by atoms with Gasteiger partial charge in [0.15, 0.2) is 0 Å².